The highest BCUT2D eigenvalue weighted by atomic mass is 16.2. The first-order chi connectivity index (χ1) is 8.15. The van der Waals surface area contributed by atoms with Crippen LogP contribution in [0.15, 0.2) is 36.0 Å². The van der Waals surface area contributed by atoms with Gasteiger partial charge in [-0.1, -0.05) is 12.1 Å². The first-order valence-corrected chi connectivity index (χ1v) is 5.23. The van der Waals surface area contributed by atoms with Crippen LogP contribution in [0.4, 0.5) is 0 Å². The molecule has 0 fully saturated rings. The first kappa shape index (κ1) is 11.3. The van der Waals surface area contributed by atoms with Crippen LogP contribution in [0.3, 0.4) is 0 Å². The van der Waals surface area contributed by atoms with Gasteiger partial charge in [0.1, 0.15) is 6.29 Å². The minimum absolute atomic E-state index is 0.216. The maximum absolute atomic E-state index is 11.9. The van der Waals surface area contributed by atoms with Gasteiger partial charge < -0.3 is 4.79 Å². The van der Waals surface area contributed by atoms with Gasteiger partial charge in [-0.05, 0) is 24.6 Å². The van der Waals surface area contributed by atoms with Crippen LogP contribution in [0.1, 0.15) is 34.1 Å². The minimum Gasteiger partial charge on any atom is -0.303 e. The van der Waals surface area contributed by atoms with E-state index >= 15 is 0 Å². The second kappa shape index (κ2) is 4.33. The Bertz CT molecular complexity index is 496. The molecule has 1 aromatic rings. The predicted molar refractivity (Wildman–Crippen MR) is 61.4 cm³/mol. The summed E-state index contributed by atoms with van der Waals surface area (Å²) in [5.41, 5.74) is 1.50. The Morgan fingerprint density at radius 3 is 2.18 bits per heavy atom. The molecule has 1 aromatic carbocycles. The molecule has 0 unspecified atom stereocenters. The maximum Gasteiger partial charge on any atom is 0.265 e. The van der Waals surface area contributed by atoms with Crippen molar-refractivity contribution < 1.29 is 14.4 Å². The van der Waals surface area contributed by atoms with E-state index in [1.807, 2.05) is 0 Å². The lowest BCUT2D eigenvalue weighted by Crippen LogP contribution is -2.24. The number of carbonyl (C=O) groups excluding carboxylic acids is 3. The lowest BCUT2D eigenvalue weighted by molar-refractivity contribution is -0.107. The van der Waals surface area contributed by atoms with Crippen molar-refractivity contribution in [2.45, 2.75) is 13.3 Å². The molecule has 1 aliphatic heterocycles. The lowest BCUT2D eigenvalue weighted by Gasteiger charge is -2.08. The van der Waals surface area contributed by atoms with Crippen LogP contribution in [0, 0.1) is 0 Å². The average molecular weight is 229 g/mol. The van der Waals surface area contributed by atoms with Crippen LogP contribution in [0.25, 0.3) is 0 Å². The molecule has 0 saturated carbocycles. The summed E-state index contributed by atoms with van der Waals surface area (Å²) >= 11 is 0. The molecule has 0 saturated heterocycles. The summed E-state index contributed by atoms with van der Waals surface area (Å²) in [6.45, 7) is 1.71. The van der Waals surface area contributed by atoms with Crippen molar-refractivity contribution in [3.63, 3.8) is 0 Å². The molecular weight excluding hydrogens is 218 g/mol. The van der Waals surface area contributed by atoms with E-state index in [-0.39, 0.29) is 18.2 Å². The average Bonchev–Trinajstić information content (AvgIpc) is 2.56. The van der Waals surface area contributed by atoms with Crippen LogP contribution in [0.2, 0.25) is 0 Å². The largest absolute Gasteiger partial charge is 0.303 e. The molecule has 0 aromatic heterocycles. The van der Waals surface area contributed by atoms with E-state index in [0.29, 0.717) is 16.7 Å². The Morgan fingerprint density at radius 2 is 1.71 bits per heavy atom. The molecule has 1 heterocycles. The fraction of sp³-hybridized carbons (Fsp3) is 0.154. The molecular formula is C13H11NO3. The van der Waals surface area contributed by atoms with Gasteiger partial charge >= 0.3 is 0 Å². The summed E-state index contributed by atoms with van der Waals surface area (Å²) in [6, 6.07) is 6.68. The molecule has 0 spiro atoms. The van der Waals surface area contributed by atoms with Gasteiger partial charge in [0.2, 0.25) is 0 Å². The predicted octanol–water partition coefficient (Wildman–Crippen LogP) is 1.78. The van der Waals surface area contributed by atoms with E-state index < -0.39 is 0 Å². The van der Waals surface area contributed by atoms with Crippen molar-refractivity contribution in [3.05, 3.63) is 47.2 Å². The van der Waals surface area contributed by atoms with Crippen molar-refractivity contribution in [3.8, 4) is 0 Å². The molecule has 0 N–H and O–H groups in total. The lowest BCUT2D eigenvalue weighted by atomic mass is 10.1. The fourth-order valence-electron chi connectivity index (χ4n) is 1.73. The topological polar surface area (TPSA) is 54.5 Å². The van der Waals surface area contributed by atoms with Gasteiger partial charge in [0, 0.05) is 12.6 Å². The molecule has 1 aliphatic rings. The Morgan fingerprint density at radius 1 is 1.18 bits per heavy atom. The summed E-state index contributed by atoms with van der Waals surface area (Å²) in [4.78, 5) is 35.2. The summed E-state index contributed by atoms with van der Waals surface area (Å²) in [6.07, 6.45) is 2.39. The zero-order valence-electron chi connectivity index (χ0n) is 9.34. The third-order valence-corrected chi connectivity index (χ3v) is 2.58. The van der Waals surface area contributed by atoms with E-state index in [1.165, 1.54) is 6.20 Å². The van der Waals surface area contributed by atoms with Crippen LogP contribution in [-0.4, -0.2) is 23.0 Å². The minimum atomic E-state index is -0.337. The monoisotopic (exact) mass is 229 g/mol. The standard InChI is InChI=1S/C13H11NO3/c1-9(6-7-15)8-14-12(16)10-4-2-3-5-11(10)13(14)17/h2-5,7-8H,6H2,1H3. The molecule has 0 radical (unpaired) electrons. The number of fused-ring (bicyclic) bond motifs is 1. The summed E-state index contributed by atoms with van der Waals surface area (Å²) in [5, 5.41) is 0. The summed E-state index contributed by atoms with van der Waals surface area (Å²) < 4.78 is 0. The normalized spacial score (nSPS) is 15.1. The third-order valence-electron chi connectivity index (χ3n) is 2.58. The molecule has 0 aliphatic carbocycles. The second-order valence-electron chi connectivity index (χ2n) is 3.87. The second-order valence-corrected chi connectivity index (χ2v) is 3.87. The fourth-order valence-corrected chi connectivity index (χ4v) is 1.73. The van der Waals surface area contributed by atoms with Crippen LogP contribution < -0.4 is 0 Å². The maximum atomic E-state index is 11.9. The van der Waals surface area contributed by atoms with Crippen molar-refractivity contribution in [1.29, 1.82) is 0 Å². The molecule has 86 valence electrons. The molecule has 17 heavy (non-hydrogen) atoms. The van der Waals surface area contributed by atoms with E-state index in [0.717, 1.165) is 11.2 Å². The first-order valence-electron chi connectivity index (χ1n) is 5.23. The molecule has 2 amide bonds. The Balaban J connectivity index is 2.37. The van der Waals surface area contributed by atoms with Crippen LogP contribution in [-0.2, 0) is 4.79 Å². The Hall–Kier alpha value is -2.23. The van der Waals surface area contributed by atoms with Crippen LogP contribution in [0.5, 0.6) is 0 Å². The van der Waals surface area contributed by atoms with Crippen molar-refractivity contribution in [1.82, 2.24) is 4.90 Å². The molecule has 4 heteroatoms. The number of rotatable bonds is 3. The number of allylic oxidation sites excluding steroid dienone is 1. The number of nitrogens with zero attached hydrogens (tertiary/aromatic N) is 1. The van der Waals surface area contributed by atoms with Crippen molar-refractivity contribution in [2.24, 2.45) is 0 Å². The quantitative estimate of drug-likeness (QED) is 0.586. The third kappa shape index (κ3) is 1.89. The highest BCUT2D eigenvalue weighted by molar-refractivity contribution is 6.22. The number of amides is 2. The van der Waals surface area contributed by atoms with E-state index in [4.69, 9.17) is 0 Å². The van der Waals surface area contributed by atoms with Gasteiger partial charge in [-0.25, -0.2) is 4.90 Å². The zero-order valence-corrected chi connectivity index (χ0v) is 9.34. The van der Waals surface area contributed by atoms with Gasteiger partial charge in [0.15, 0.2) is 0 Å². The Labute approximate surface area is 98.5 Å². The number of benzene rings is 1. The van der Waals surface area contributed by atoms with Crippen LogP contribution >= 0.6 is 0 Å². The van der Waals surface area contributed by atoms with E-state index in [9.17, 15) is 14.4 Å². The highest BCUT2D eigenvalue weighted by Gasteiger charge is 2.33. The van der Waals surface area contributed by atoms with Gasteiger partial charge in [-0.15, -0.1) is 0 Å². The van der Waals surface area contributed by atoms with Gasteiger partial charge in [0.05, 0.1) is 11.1 Å². The van der Waals surface area contributed by atoms with Gasteiger partial charge in [0.25, 0.3) is 11.8 Å². The van der Waals surface area contributed by atoms with Gasteiger partial charge in [-0.2, -0.15) is 0 Å². The number of imide groups is 1. The summed E-state index contributed by atoms with van der Waals surface area (Å²) in [5.74, 6) is -0.674. The molecule has 4 nitrogen and oxygen atoms in total. The summed E-state index contributed by atoms with van der Waals surface area (Å²) in [7, 11) is 0. The van der Waals surface area contributed by atoms with E-state index in [1.54, 1.807) is 31.2 Å². The Kier molecular flexibility index (Phi) is 2.87. The number of hydrogen-bond acceptors (Lipinski definition) is 3. The molecule has 0 bridgehead atoms. The number of hydrogen-bond donors (Lipinski definition) is 0. The highest BCUT2D eigenvalue weighted by Crippen LogP contribution is 2.23. The van der Waals surface area contributed by atoms with Crippen molar-refractivity contribution in [2.75, 3.05) is 0 Å². The van der Waals surface area contributed by atoms with Crippen molar-refractivity contribution >= 4 is 18.1 Å². The van der Waals surface area contributed by atoms with E-state index in [2.05, 4.69) is 0 Å². The zero-order chi connectivity index (χ0) is 12.4. The molecule has 2 rings (SSSR count). The molecule has 0 atom stereocenters. The van der Waals surface area contributed by atoms with Gasteiger partial charge in [-0.3, -0.25) is 9.59 Å². The number of aldehydes is 1. The SMILES string of the molecule is CC(=CN1C(=O)c2ccccc2C1=O)CC=O. The number of carbonyl (C=O) groups is 3. The smallest absolute Gasteiger partial charge is 0.265 e.